The van der Waals surface area contributed by atoms with Crippen LogP contribution in [0, 0.1) is 0 Å². The molecule has 1 aromatic rings. The van der Waals surface area contributed by atoms with E-state index in [1.54, 1.807) is 0 Å². The lowest BCUT2D eigenvalue weighted by molar-refractivity contribution is 0.0213. The van der Waals surface area contributed by atoms with E-state index in [0.717, 1.165) is 36.1 Å². The second-order valence-corrected chi connectivity index (χ2v) is 3.99. The van der Waals surface area contributed by atoms with Gasteiger partial charge in [-0.3, -0.25) is 0 Å². The monoisotopic (exact) mass is 222 g/mol. The molecule has 1 aromatic carbocycles. The van der Waals surface area contributed by atoms with Gasteiger partial charge in [-0.1, -0.05) is 12.1 Å². The first-order valence-corrected chi connectivity index (χ1v) is 5.83. The summed E-state index contributed by atoms with van der Waals surface area (Å²) in [7, 11) is 0. The van der Waals surface area contributed by atoms with E-state index in [0.29, 0.717) is 6.61 Å². The SMILES string of the molecule is CCOCOc1cccc2c1CCCC2O. The molecule has 0 heterocycles. The summed E-state index contributed by atoms with van der Waals surface area (Å²) in [6, 6.07) is 5.84. The van der Waals surface area contributed by atoms with Crippen molar-refractivity contribution in [2.75, 3.05) is 13.4 Å². The lowest BCUT2D eigenvalue weighted by Crippen LogP contribution is -2.12. The highest BCUT2D eigenvalue weighted by molar-refractivity contribution is 5.42. The van der Waals surface area contributed by atoms with Gasteiger partial charge >= 0.3 is 0 Å². The molecule has 0 saturated carbocycles. The van der Waals surface area contributed by atoms with E-state index in [1.165, 1.54) is 0 Å². The molecule has 0 aromatic heterocycles. The zero-order chi connectivity index (χ0) is 11.4. The first-order valence-electron chi connectivity index (χ1n) is 5.83. The maximum Gasteiger partial charge on any atom is 0.189 e. The Bertz CT molecular complexity index is 349. The number of aliphatic hydroxyl groups excluding tert-OH is 1. The average Bonchev–Trinajstić information content (AvgIpc) is 2.31. The lowest BCUT2D eigenvalue weighted by Gasteiger charge is -2.23. The minimum Gasteiger partial charge on any atom is -0.467 e. The normalized spacial score (nSPS) is 19.2. The van der Waals surface area contributed by atoms with Crippen LogP contribution >= 0.6 is 0 Å². The first kappa shape index (κ1) is 11.4. The van der Waals surface area contributed by atoms with Crippen LogP contribution in [0.2, 0.25) is 0 Å². The summed E-state index contributed by atoms with van der Waals surface area (Å²) in [6.45, 7) is 2.87. The highest BCUT2D eigenvalue weighted by Crippen LogP contribution is 2.35. The van der Waals surface area contributed by atoms with Gasteiger partial charge < -0.3 is 14.6 Å². The summed E-state index contributed by atoms with van der Waals surface area (Å²) in [5, 5.41) is 9.87. The molecule has 0 amide bonds. The van der Waals surface area contributed by atoms with E-state index >= 15 is 0 Å². The molecule has 16 heavy (non-hydrogen) atoms. The lowest BCUT2D eigenvalue weighted by atomic mass is 9.89. The second kappa shape index (κ2) is 5.32. The van der Waals surface area contributed by atoms with E-state index in [1.807, 2.05) is 25.1 Å². The molecule has 1 aliphatic carbocycles. The summed E-state index contributed by atoms with van der Waals surface area (Å²) in [4.78, 5) is 0. The van der Waals surface area contributed by atoms with Gasteiger partial charge in [0.25, 0.3) is 0 Å². The molecule has 2 rings (SSSR count). The minimum absolute atomic E-state index is 0.281. The fourth-order valence-corrected chi connectivity index (χ4v) is 2.11. The third-order valence-electron chi connectivity index (χ3n) is 2.93. The zero-order valence-electron chi connectivity index (χ0n) is 9.61. The molecule has 1 aliphatic rings. The molecule has 0 spiro atoms. The predicted molar refractivity (Wildman–Crippen MR) is 61.5 cm³/mol. The van der Waals surface area contributed by atoms with Gasteiger partial charge in [0, 0.05) is 12.2 Å². The van der Waals surface area contributed by atoms with Crippen LogP contribution in [0.25, 0.3) is 0 Å². The number of fused-ring (bicyclic) bond motifs is 1. The van der Waals surface area contributed by atoms with Gasteiger partial charge in [0.2, 0.25) is 0 Å². The van der Waals surface area contributed by atoms with Crippen LogP contribution in [0.15, 0.2) is 18.2 Å². The van der Waals surface area contributed by atoms with Crippen LogP contribution in [-0.4, -0.2) is 18.5 Å². The molecular formula is C13H18O3. The molecule has 1 unspecified atom stereocenters. The molecule has 0 aliphatic heterocycles. The largest absolute Gasteiger partial charge is 0.467 e. The number of hydrogen-bond donors (Lipinski definition) is 1. The third-order valence-corrected chi connectivity index (χ3v) is 2.93. The number of aliphatic hydroxyl groups is 1. The van der Waals surface area contributed by atoms with Crippen molar-refractivity contribution in [3.8, 4) is 5.75 Å². The molecule has 3 nitrogen and oxygen atoms in total. The van der Waals surface area contributed by atoms with Crippen molar-refractivity contribution < 1.29 is 14.6 Å². The molecule has 0 saturated heterocycles. The Morgan fingerprint density at radius 2 is 2.31 bits per heavy atom. The van der Waals surface area contributed by atoms with Gasteiger partial charge in [0.1, 0.15) is 5.75 Å². The average molecular weight is 222 g/mol. The summed E-state index contributed by atoms with van der Waals surface area (Å²) in [6.07, 6.45) is 2.51. The number of benzene rings is 1. The van der Waals surface area contributed by atoms with Crippen molar-refractivity contribution in [2.45, 2.75) is 32.3 Å². The maximum absolute atomic E-state index is 9.87. The summed E-state index contributed by atoms with van der Waals surface area (Å²) in [5.41, 5.74) is 2.15. The maximum atomic E-state index is 9.87. The predicted octanol–water partition coefficient (Wildman–Crippen LogP) is 2.43. The van der Waals surface area contributed by atoms with Crippen molar-refractivity contribution in [1.82, 2.24) is 0 Å². The first-order chi connectivity index (χ1) is 7.83. The minimum atomic E-state index is -0.334. The third kappa shape index (κ3) is 2.36. The van der Waals surface area contributed by atoms with E-state index in [2.05, 4.69) is 0 Å². The van der Waals surface area contributed by atoms with Crippen LogP contribution in [-0.2, 0) is 11.2 Å². The van der Waals surface area contributed by atoms with E-state index in [4.69, 9.17) is 9.47 Å². The molecule has 88 valence electrons. The summed E-state index contributed by atoms with van der Waals surface area (Å²) < 4.78 is 10.7. The van der Waals surface area contributed by atoms with Gasteiger partial charge in [0.05, 0.1) is 6.10 Å². The molecule has 1 N–H and O–H groups in total. The summed E-state index contributed by atoms with van der Waals surface area (Å²) >= 11 is 0. The van der Waals surface area contributed by atoms with Crippen molar-refractivity contribution in [3.63, 3.8) is 0 Å². The highest BCUT2D eigenvalue weighted by atomic mass is 16.7. The molecule has 0 radical (unpaired) electrons. The van der Waals surface area contributed by atoms with Gasteiger partial charge in [-0.2, -0.15) is 0 Å². The Balaban J connectivity index is 2.15. The fraction of sp³-hybridized carbons (Fsp3) is 0.538. The summed E-state index contributed by atoms with van der Waals surface area (Å²) in [5.74, 6) is 0.852. The molecule has 1 atom stereocenters. The molecular weight excluding hydrogens is 204 g/mol. The van der Waals surface area contributed by atoms with E-state index in [-0.39, 0.29) is 12.9 Å². The Labute approximate surface area is 96.0 Å². The van der Waals surface area contributed by atoms with E-state index < -0.39 is 0 Å². The van der Waals surface area contributed by atoms with Crippen LogP contribution < -0.4 is 4.74 Å². The van der Waals surface area contributed by atoms with Gasteiger partial charge in [-0.05, 0) is 37.8 Å². The van der Waals surface area contributed by atoms with Gasteiger partial charge in [-0.15, -0.1) is 0 Å². The second-order valence-electron chi connectivity index (χ2n) is 3.99. The number of hydrogen-bond acceptors (Lipinski definition) is 3. The van der Waals surface area contributed by atoms with Crippen molar-refractivity contribution in [2.24, 2.45) is 0 Å². The van der Waals surface area contributed by atoms with Gasteiger partial charge in [-0.25, -0.2) is 0 Å². The molecule has 3 heteroatoms. The van der Waals surface area contributed by atoms with Crippen LogP contribution in [0.5, 0.6) is 5.75 Å². The van der Waals surface area contributed by atoms with Gasteiger partial charge in [0.15, 0.2) is 6.79 Å². The van der Waals surface area contributed by atoms with Crippen molar-refractivity contribution in [3.05, 3.63) is 29.3 Å². The Morgan fingerprint density at radius 3 is 3.12 bits per heavy atom. The number of rotatable bonds is 4. The van der Waals surface area contributed by atoms with Crippen LogP contribution in [0.1, 0.15) is 37.0 Å². The topological polar surface area (TPSA) is 38.7 Å². The molecule has 0 fully saturated rings. The Hall–Kier alpha value is -1.06. The quantitative estimate of drug-likeness (QED) is 0.628. The van der Waals surface area contributed by atoms with Crippen LogP contribution in [0.4, 0.5) is 0 Å². The molecule has 0 bridgehead atoms. The Morgan fingerprint density at radius 1 is 1.44 bits per heavy atom. The van der Waals surface area contributed by atoms with E-state index in [9.17, 15) is 5.11 Å². The zero-order valence-corrected chi connectivity index (χ0v) is 9.61. The fourth-order valence-electron chi connectivity index (χ4n) is 2.11. The van der Waals surface area contributed by atoms with Crippen molar-refractivity contribution >= 4 is 0 Å². The standard InChI is InChI=1S/C13H18O3/c1-2-15-9-16-13-8-4-5-10-11(13)6-3-7-12(10)14/h4-5,8,12,14H,2-3,6-7,9H2,1H3. The highest BCUT2D eigenvalue weighted by Gasteiger charge is 2.20. The van der Waals surface area contributed by atoms with Crippen molar-refractivity contribution in [1.29, 1.82) is 0 Å². The Kier molecular flexibility index (Phi) is 3.80. The van der Waals surface area contributed by atoms with Crippen LogP contribution in [0.3, 0.4) is 0 Å². The number of ether oxygens (including phenoxy) is 2. The smallest absolute Gasteiger partial charge is 0.189 e.